The van der Waals surface area contributed by atoms with Crippen LogP contribution in [0.3, 0.4) is 0 Å². The Balaban J connectivity index is 3.10. The third-order valence-corrected chi connectivity index (χ3v) is 1.93. The van der Waals surface area contributed by atoms with E-state index in [0.717, 1.165) is 6.29 Å². The topological polar surface area (TPSA) is 35.5 Å². The maximum atomic E-state index is 10.5. The number of methoxy groups -OCH3 is 1. The van der Waals surface area contributed by atoms with Gasteiger partial charge in [0.05, 0.1) is 12.7 Å². The average molecular weight is 278 g/mol. The fourth-order valence-corrected chi connectivity index (χ4v) is 1.13. The van der Waals surface area contributed by atoms with Crippen molar-refractivity contribution in [3.05, 3.63) is 23.8 Å². The summed E-state index contributed by atoms with van der Waals surface area (Å²) < 4.78 is 9.86. The summed E-state index contributed by atoms with van der Waals surface area (Å²) in [5.41, 5.74) is 0.492. The lowest BCUT2D eigenvalue weighted by molar-refractivity contribution is 0.112. The molecule has 0 fully saturated rings. The number of ether oxygens (including phenoxy) is 1. The van der Waals surface area contributed by atoms with E-state index in [1.165, 1.54) is 7.11 Å². The second-order valence-electron chi connectivity index (χ2n) is 2.10. The fourth-order valence-electron chi connectivity index (χ4n) is 0.853. The van der Waals surface area contributed by atoms with Gasteiger partial charge in [-0.15, -0.1) is 0 Å². The Morgan fingerprint density at radius 1 is 1.50 bits per heavy atom. The van der Waals surface area contributed by atoms with Gasteiger partial charge in [-0.1, -0.05) is 0 Å². The minimum Gasteiger partial charge on any atom is -0.496 e. The second kappa shape index (κ2) is 4.30. The SMILES string of the molecule is COc1ccc(OI)cc1C=O. The van der Waals surface area contributed by atoms with Gasteiger partial charge in [-0.3, -0.25) is 4.79 Å². The van der Waals surface area contributed by atoms with E-state index < -0.39 is 0 Å². The number of hydrogen-bond acceptors (Lipinski definition) is 3. The monoisotopic (exact) mass is 278 g/mol. The summed E-state index contributed by atoms with van der Waals surface area (Å²) >= 11 is 1.75. The average Bonchev–Trinajstić information content (AvgIpc) is 2.16. The van der Waals surface area contributed by atoms with Crippen molar-refractivity contribution in [2.75, 3.05) is 7.11 Å². The molecule has 4 heteroatoms. The molecule has 0 aliphatic carbocycles. The highest BCUT2D eigenvalue weighted by Gasteiger charge is 2.02. The molecule has 0 heterocycles. The van der Waals surface area contributed by atoms with E-state index in [4.69, 9.17) is 7.80 Å². The van der Waals surface area contributed by atoms with Gasteiger partial charge in [0.1, 0.15) is 11.5 Å². The quantitative estimate of drug-likeness (QED) is 0.628. The van der Waals surface area contributed by atoms with Crippen LogP contribution in [0.2, 0.25) is 0 Å². The zero-order valence-electron chi connectivity index (χ0n) is 6.41. The molecule has 0 saturated carbocycles. The van der Waals surface area contributed by atoms with Crippen molar-refractivity contribution in [3.8, 4) is 11.5 Å². The van der Waals surface area contributed by atoms with Gasteiger partial charge < -0.3 is 7.80 Å². The van der Waals surface area contributed by atoms with Crippen LogP contribution in [0.25, 0.3) is 0 Å². The summed E-state index contributed by atoms with van der Waals surface area (Å²) in [7, 11) is 1.52. The molecule has 0 spiro atoms. The molecular formula is C8H7IO3. The van der Waals surface area contributed by atoms with Crippen molar-refractivity contribution < 1.29 is 12.6 Å². The Hall–Kier alpha value is -0.780. The molecule has 12 heavy (non-hydrogen) atoms. The Morgan fingerprint density at radius 2 is 2.25 bits per heavy atom. The number of hydrogen-bond donors (Lipinski definition) is 0. The van der Waals surface area contributed by atoms with Gasteiger partial charge in [0.2, 0.25) is 0 Å². The van der Waals surface area contributed by atoms with Crippen LogP contribution in [-0.4, -0.2) is 13.4 Å². The van der Waals surface area contributed by atoms with Crippen molar-refractivity contribution in [1.29, 1.82) is 0 Å². The third kappa shape index (κ3) is 1.88. The molecule has 0 amide bonds. The van der Waals surface area contributed by atoms with Gasteiger partial charge >= 0.3 is 0 Å². The minimum atomic E-state index is 0.492. The van der Waals surface area contributed by atoms with Crippen LogP contribution in [0.4, 0.5) is 0 Å². The maximum Gasteiger partial charge on any atom is 0.192 e. The van der Waals surface area contributed by atoms with E-state index in [0.29, 0.717) is 17.1 Å². The molecule has 0 bridgehead atoms. The minimum absolute atomic E-state index is 0.492. The number of halogens is 1. The molecule has 1 rings (SSSR count). The third-order valence-electron chi connectivity index (χ3n) is 1.42. The van der Waals surface area contributed by atoms with Gasteiger partial charge in [0, 0.05) is 0 Å². The number of carbonyl (C=O) groups excluding carboxylic acids is 1. The molecule has 0 saturated heterocycles. The van der Waals surface area contributed by atoms with Crippen LogP contribution in [0.5, 0.6) is 11.5 Å². The number of carbonyl (C=O) groups is 1. The molecule has 0 aromatic heterocycles. The summed E-state index contributed by atoms with van der Waals surface area (Å²) in [5.74, 6) is 1.20. The molecular weight excluding hydrogens is 271 g/mol. The van der Waals surface area contributed by atoms with Gasteiger partial charge in [0.25, 0.3) is 0 Å². The lowest BCUT2D eigenvalue weighted by Crippen LogP contribution is -1.90. The first-order valence-electron chi connectivity index (χ1n) is 3.23. The molecule has 0 radical (unpaired) electrons. The van der Waals surface area contributed by atoms with Crippen LogP contribution in [0.1, 0.15) is 10.4 Å². The van der Waals surface area contributed by atoms with Gasteiger partial charge in [-0.25, -0.2) is 0 Å². The van der Waals surface area contributed by atoms with Crippen molar-refractivity contribution in [1.82, 2.24) is 0 Å². The van der Waals surface area contributed by atoms with E-state index in [1.54, 1.807) is 41.2 Å². The number of aldehydes is 1. The standard InChI is InChI=1S/C8H7IO3/c1-11-8-3-2-7(12-9)4-6(8)5-10/h2-5H,1H3. The van der Waals surface area contributed by atoms with Crippen LogP contribution in [-0.2, 0) is 0 Å². The molecule has 0 aliphatic heterocycles. The highest BCUT2D eigenvalue weighted by Crippen LogP contribution is 2.23. The normalized spacial score (nSPS) is 9.17. The zero-order valence-corrected chi connectivity index (χ0v) is 8.57. The lowest BCUT2D eigenvalue weighted by atomic mass is 10.2. The van der Waals surface area contributed by atoms with E-state index in [1.807, 2.05) is 0 Å². The summed E-state index contributed by atoms with van der Waals surface area (Å²) in [6.45, 7) is 0. The van der Waals surface area contributed by atoms with Gasteiger partial charge in [-0.2, -0.15) is 0 Å². The van der Waals surface area contributed by atoms with Gasteiger partial charge in [-0.05, 0) is 18.2 Å². The molecule has 1 aromatic carbocycles. The largest absolute Gasteiger partial charge is 0.496 e. The van der Waals surface area contributed by atoms with E-state index in [2.05, 4.69) is 0 Å². The molecule has 0 aliphatic rings. The summed E-state index contributed by atoms with van der Waals surface area (Å²) in [6.07, 6.45) is 0.734. The van der Waals surface area contributed by atoms with E-state index in [9.17, 15) is 4.79 Å². The lowest BCUT2D eigenvalue weighted by Gasteiger charge is -2.03. The van der Waals surface area contributed by atoms with Crippen molar-refractivity contribution >= 4 is 29.3 Å². The second-order valence-corrected chi connectivity index (χ2v) is 2.54. The maximum absolute atomic E-state index is 10.5. The molecule has 0 N–H and O–H groups in total. The van der Waals surface area contributed by atoms with Crippen molar-refractivity contribution in [3.63, 3.8) is 0 Å². The summed E-state index contributed by atoms with van der Waals surface area (Å²) in [6, 6.07) is 5.05. The fraction of sp³-hybridized carbons (Fsp3) is 0.125. The van der Waals surface area contributed by atoms with Gasteiger partial charge in [0.15, 0.2) is 29.3 Å². The Bertz CT molecular complexity index is 286. The highest BCUT2D eigenvalue weighted by molar-refractivity contribution is 14.1. The molecule has 0 unspecified atom stereocenters. The first kappa shape index (κ1) is 9.31. The first-order chi connectivity index (χ1) is 5.81. The number of benzene rings is 1. The predicted octanol–water partition coefficient (Wildman–Crippen LogP) is 2.24. The molecule has 0 atom stereocenters. The van der Waals surface area contributed by atoms with Crippen LogP contribution >= 0.6 is 23.0 Å². The first-order valence-corrected chi connectivity index (χ1v) is 4.11. The molecule has 3 nitrogen and oxygen atoms in total. The zero-order chi connectivity index (χ0) is 8.97. The van der Waals surface area contributed by atoms with Crippen LogP contribution in [0.15, 0.2) is 18.2 Å². The molecule has 64 valence electrons. The van der Waals surface area contributed by atoms with Crippen LogP contribution < -0.4 is 7.80 Å². The predicted molar refractivity (Wildman–Crippen MR) is 53.0 cm³/mol. The van der Waals surface area contributed by atoms with Crippen molar-refractivity contribution in [2.24, 2.45) is 0 Å². The Morgan fingerprint density at radius 3 is 2.75 bits per heavy atom. The smallest absolute Gasteiger partial charge is 0.192 e. The van der Waals surface area contributed by atoms with E-state index in [-0.39, 0.29) is 0 Å². The Labute approximate surface area is 84.4 Å². The van der Waals surface area contributed by atoms with E-state index >= 15 is 0 Å². The molecule has 1 aromatic rings. The van der Waals surface area contributed by atoms with Crippen molar-refractivity contribution in [2.45, 2.75) is 0 Å². The summed E-state index contributed by atoms with van der Waals surface area (Å²) in [4.78, 5) is 10.5. The summed E-state index contributed by atoms with van der Waals surface area (Å²) in [5, 5.41) is 0. The van der Waals surface area contributed by atoms with Crippen LogP contribution in [0, 0.1) is 0 Å². The Kier molecular flexibility index (Phi) is 3.33. The highest BCUT2D eigenvalue weighted by atomic mass is 127. The number of rotatable bonds is 3.